The molecular weight excluding hydrogens is 527 g/mol. The van der Waals surface area contributed by atoms with Gasteiger partial charge in [0.1, 0.15) is 17.4 Å². The SMILES string of the molecule is C.Cc1ccc(COC2CCN(CCC(=O)N3CCC(Oc4ccc([N+](=O)[O-])c(C(F)(F)F)c4)CC3)CC2)cc1. The fourth-order valence-corrected chi connectivity index (χ4v) is 5.00. The normalized spacial score (nSPS) is 17.4. The van der Waals surface area contributed by atoms with Gasteiger partial charge in [-0.2, -0.15) is 13.2 Å². The molecule has 0 aromatic heterocycles. The molecule has 2 fully saturated rings. The number of nitrogens with zero attached hydrogens (tertiary/aromatic N) is 3. The van der Waals surface area contributed by atoms with Crippen molar-refractivity contribution in [2.24, 2.45) is 0 Å². The van der Waals surface area contributed by atoms with Gasteiger partial charge >= 0.3 is 6.18 Å². The molecule has 2 heterocycles. The molecule has 2 aromatic carbocycles. The molecule has 2 aliphatic rings. The van der Waals surface area contributed by atoms with Crippen LogP contribution in [0.15, 0.2) is 42.5 Å². The van der Waals surface area contributed by atoms with Crippen molar-refractivity contribution in [2.45, 2.75) is 71.4 Å². The zero-order valence-corrected chi connectivity index (χ0v) is 22.0. The molecule has 4 rings (SSSR count). The van der Waals surface area contributed by atoms with E-state index in [1.54, 1.807) is 4.90 Å². The summed E-state index contributed by atoms with van der Waals surface area (Å²) < 4.78 is 51.5. The second-order valence-electron chi connectivity index (χ2n) is 10.2. The highest BCUT2D eigenvalue weighted by Gasteiger charge is 2.39. The number of hydrogen-bond acceptors (Lipinski definition) is 6. The Bertz CT molecular complexity index is 1130. The van der Waals surface area contributed by atoms with Gasteiger partial charge in [-0.25, -0.2) is 0 Å². The van der Waals surface area contributed by atoms with Gasteiger partial charge in [0, 0.05) is 58.1 Å². The average molecular weight is 566 g/mol. The zero-order valence-electron chi connectivity index (χ0n) is 22.0. The summed E-state index contributed by atoms with van der Waals surface area (Å²) in [5.74, 6) is -0.00941. The maximum absolute atomic E-state index is 13.2. The van der Waals surface area contributed by atoms with Gasteiger partial charge in [-0.3, -0.25) is 14.9 Å². The maximum Gasteiger partial charge on any atom is 0.423 e. The van der Waals surface area contributed by atoms with Gasteiger partial charge in [0.05, 0.1) is 17.6 Å². The Kier molecular flexibility index (Phi) is 10.9. The predicted molar refractivity (Wildman–Crippen MR) is 145 cm³/mol. The number of aryl methyl sites for hydroxylation is 1. The number of halogens is 3. The van der Waals surface area contributed by atoms with Gasteiger partial charge in [-0.15, -0.1) is 0 Å². The van der Waals surface area contributed by atoms with Gasteiger partial charge < -0.3 is 19.3 Å². The summed E-state index contributed by atoms with van der Waals surface area (Å²) in [5, 5.41) is 10.9. The molecule has 0 radical (unpaired) electrons. The molecule has 0 atom stereocenters. The van der Waals surface area contributed by atoms with E-state index in [2.05, 4.69) is 36.1 Å². The molecule has 11 heteroatoms. The maximum atomic E-state index is 13.2. The first kappa shape index (κ1) is 31.3. The van der Waals surface area contributed by atoms with E-state index in [4.69, 9.17) is 9.47 Å². The smallest absolute Gasteiger partial charge is 0.423 e. The van der Waals surface area contributed by atoms with Crippen molar-refractivity contribution in [1.82, 2.24) is 9.80 Å². The minimum absolute atomic E-state index is 0. The van der Waals surface area contributed by atoms with Crippen molar-refractivity contribution >= 4 is 11.6 Å². The molecule has 0 saturated carbocycles. The molecule has 0 bridgehead atoms. The highest BCUT2D eigenvalue weighted by atomic mass is 19.4. The van der Waals surface area contributed by atoms with Crippen molar-refractivity contribution in [2.75, 3.05) is 32.7 Å². The lowest BCUT2D eigenvalue weighted by Gasteiger charge is -2.34. The molecule has 2 saturated heterocycles. The van der Waals surface area contributed by atoms with E-state index in [0.29, 0.717) is 51.6 Å². The molecule has 0 aliphatic carbocycles. The Hall–Kier alpha value is -3.18. The molecule has 1 amide bonds. The fourth-order valence-electron chi connectivity index (χ4n) is 5.00. The highest BCUT2D eigenvalue weighted by molar-refractivity contribution is 5.76. The van der Waals surface area contributed by atoms with Crippen LogP contribution in [0.4, 0.5) is 18.9 Å². The van der Waals surface area contributed by atoms with E-state index in [1.807, 2.05) is 0 Å². The topological polar surface area (TPSA) is 85.2 Å². The standard InChI is InChI=1S/C28H34F3N3O5.CH4/c1-20-2-4-21(5-3-20)19-38-22-8-13-32(14-9-22)15-12-27(35)33-16-10-23(11-17-33)39-24-6-7-26(34(36)37)25(18-24)28(29,30)31;/h2-7,18,22-23H,8-17,19H2,1H3;1H4. The summed E-state index contributed by atoms with van der Waals surface area (Å²) in [5.41, 5.74) is 0.0554. The Morgan fingerprint density at radius 1 is 1.00 bits per heavy atom. The van der Waals surface area contributed by atoms with Crippen LogP contribution < -0.4 is 4.74 Å². The zero-order chi connectivity index (χ0) is 28.0. The van der Waals surface area contributed by atoms with Crippen LogP contribution in [-0.4, -0.2) is 65.6 Å². The number of carbonyl (C=O) groups excluding carboxylic acids is 1. The van der Waals surface area contributed by atoms with Crippen LogP contribution in [0.2, 0.25) is 0 Å². The number of amides is 1. The summed E-state index contributed by atoms with van der Waals surface area (Å²) in [6, 6.07) is 11.0. The van der Waals surface area contributed by atoms with E-state index in [9.17, 15) is 28.1 Å². The number of nitro benzene ring substituents is 1. The number of ether oxygens (including phenoxy) is 2. The van der Waals surface area contributed by atoms with Crippen molar-refractivity contribution < 1.29 is 32.4 Å². The van der Waals surface area contributed by atoms with Crippen molar-refractivity contribution in [3.8, 4) is 5.75 Å². The molecular formula is C29H38F3N3O5. The molecule has 0 N–H and O–H groups in total. The van der Waals surface area contributed by atoms with E-state index in [-0.39, 0.29) is 31.3 Å². The average Bonchev–Trinajstić information content (AvgIpc) is 2.92. The lowest BCUT2D eigenvalue weighted by Crippen LogP contribution is -2.44. The lowest BCUT2D eigenvalue weighted by atomic mass is 10.1. The summed E-state index contributed by atoms with van der Waals surface area (Å²) in [6.07, 6.45) is -1.76. The number of nitro groups is 1. The largest absolute Gasteiger partial charge is 0.490 e. The molecule has 2 aromatic rings. The molecule has 2 aliphatic heterocycles. The lowest BCUT2D eigenvalue weighted by molar-refractivity contribution is -0.388. The number of hydrogen-bond donors (Lipinski definition) is 0. The third kappa shape index (κ3) is 8.66. The number of rotatable bonds is 9. The quantitative estimate of drug-likeness (QED) is 0.274. The minimum atomic E-state index is -4.86. The Labute approximate surface area is 233 Å². The van der Waals surface area contributed by atoms with Crippen LogP contribution in [-0.2, 0) is 22.3 Å². The monoisotopic (exact) mass is 565 g/mol. The number of carbonyl (C=O) groups is 1. The molecule has 220 valence electrons. The number of likely N-dealkylation sites (tertiary alicyclic amines) is 2. The van der Waals surface area contributed by atoms with Crippen LogP contribution in [0.1, 0.15) is 56.2 Å². The summed E-state index contributed by atoms with van der Waals surface area (Å²) in [4.78, 5) is 26.7. The predicted octanol–water partition coefficient (Wildman–Crippen LogP) is 6.00. The first-order valence-electron chi connectivity index (χ1n) is 13.3. The third-order valence-electron chi connectivity index (χ3n) is 7.35. The fraction of sp³-hybridized carbons (Fsp3) is 0.552. The van der Waals surface area contributed by atoms with Crippen LogP contribution in [0.3, 0.4) is 0 Å². The minimum Gasteiger partial charge on any atom is -0.490 e. The summed E-state index contributed by atoms with van der Waals surface area (Å²) in [6.45, 7) is 6.04. The Balaban J connectivity index is 0.00000441. The second kappa shape index (κ2) is 13.9. The number of piperidine rings is 2. The first-order valence-corrected chi connectivity index (χ1v) is 13.3. The van der Waals surface area contributed by atoms with E-state index in [1.165, 1.54) is 17.2 Å². The van der Waals surface area contributed by atoms with Crippen molar-refractivity contribution in [3.63, 3.8) is 0 Å². The van der Waals surface area contributed by atoms with Crippen LogP contribution >= 0.6 is 0 Å². The molecule has 0 spiro atoms. The van der Waals surface area contributed by atoms with Gasteiger partial charge in [-0.05, 0) is 37.5 Å². The Morgan fingerprint density at radius 2 is 1.62 bits per heavy atom. The highest BCUT2D eigenvalue weighted by Crippen LogP contribution is 2.38. The van der Waals surface area contributed by atoms with Crippen LogP contribution in [0, 0.1) is 17.0 Å². The van der Waals surface area contributed by atoms with Crippen LogP contribution in [0.5, 0.6) is 5.75 Å². The molecule has 0 unspecified atom stereocenters. The molecule has 8 nitrogen and oxygen atoms in total. The Morgan fingerprint density at radius 3 is 2.23 bits per heavy atom. The first-order chi connectivity index (χ1) is 18.6. The van der Waals surface area contributed by atoms with E-state index in [0.717, 1.165) is 32.0 Å². The van der Waals surface area contributed by atoms with Gasteiger partial charge in [-0.1, -0.05) is 37.3 Å². The van der Waals surface area contributed by atoms with Crippen molar-refractivity contribution in [1.29, 1.82) is 0 Å². The number of alkyl halides is 3. The van der Waals surface area contributed by atoms with E-state index >= 15 is 0 Å². The third-order valence-corrected chi connectivity index (χ3v) is 7.35. The van der Waals surface area contributed by atoms with Crippen molar-refractivity contribution in [3.05, 3.63) is 69.3 Å². The van der Waals surface area contributed by atoms with Gasteiger partial charge in [0.15, 0.2) is 0 Å². The second-order valence-corrected chi connectivity index (χ2v) is 10.2. The van der Waals surface area contributed by atoms with Crippen LogP contribution in [0.25, 0.3) is 0 Å². The molecule has 40 heavy (non-hydrogen) atoms. The summed E-state index contributed by atoms with van der Waals surface area (Å²) >= 11 is 0. The van der Waals surface area contributed by atoms with E-state index < -0.39 is 22.4 Å². The number of benzene rings is 2. The van der Waals surface area contributed by atoms with Gasteiger partial charge in [0.2, 0.25) is 5.91 Å². The summed E-state index contributed by atoms with van der Waals surface area (Å²) in [7, 11) is 0. The van der Waals surface area contributed by atoms with Gasteiger partial charge in [0.25, 0.3) is 5.69 Å².